The van der Waals surface area contributed by atoms with Gasteiger partial charge in [0.2, 0.25) is 0 Å². The van der Waals surface area contributed by atoms with Crippen molar-refractivity contribution in [2.75, 3.05) is 11.4 Å². The first-order valence-electron chi connectivity index (χ1n) is 9.65. The van der Waals surface area contributed by atoms with Crippen molar-refractivity contribution in [3.8, 4) is 11.3 Å². The lowest BCUT2D eigenvalue weighted by atomic mass is 10.1. The van der Waals surface area contributed by atoms with Crippen LogP contribution in [0.3, 0.4) is 0 Å². The zero-order valence-electron chi connectivity index (χ0n) is 16.3. The molecule has 0 N–H and O–H groups in total. The molecule has 1 atom stereocenters. The van der Waals surface area contributed by atoms with E-state index in [1.165, 1.54) is 12.8 Å². The molecule has 7 heteroatoms. The summed E-state index contributed by atoms with van der Waals surface area (Å²) in [6, 6.07) is 5.88. The quantitative estimate of drug-likeness (QED) is 0.423. The fourth-order valence-electron chi connectivity index (χ4n) is 3.68. The number of aromatic nitrogens is 3. The van der Waals surface area contributed by atoms with Gasteiger partial charge in [-0.15, -0.1) is 11.3 Å². The van der Waals surface area contributed by atoms with Crippen molar-refractivity contribution in [3.05, 3.63) is 51.3 Å². The Morgan fingerprint density at radius 2 is 2.11 bits per heavy atom. The largest absolute Gasteiger partial charge is 0.340 e. The highest BCUT2D eigenvalue weighted by molar-refractivity contribution is 7.16. The Morgan fingerprint density at radius 3 is 2.71 bits per heavy atom. The molecule has 0 amide bonds. The Labute approximate surface area is 180 Å². The van der Waals surface area contributed by atoms with Gasteiger partial charge in [0.25, 0.3) is 0 Å². The van der Waals surface area contributed by atoms with Crippen LogP contribution < -0.4 is 4.90 Å². The van der Waals surface area contributed by atoms with E-state index in [1.54, 1.807) is 17.4 Å². The molecule has 0 spiro atoms. The SMILES string of the molecule is CCCN(c1nc(-c2ccc(Cl)cc2Cl)c(C)s1)C(c1cn(C)cn1)C1CC1. The molecule has 28 heavy (non-hydrogen) atoms. The number of thiazole rings is 1. The molecule has 3 aromatic rings. The van der Waals surface area contributed by atoms with Crippen LogP contribution in [0.2, 0.25) is 10.0 Å². The predicted octanol–water partition coefficient (Wildman–Crippen LogP) is 6.53. The molecule has 0 aliphatic heterocycles. The number of imidazole rings is 1. The number of hydrogen-bond donors (Lipinski definition) is 0. The molecule has 1 unspecified atom stereocenters. The van der Waals surface area contributed by atoms with E-state index in [-0.39, 0.29) is 6.04 Å². The highest BCUT2D eigenvalue weighted by Gasteiger charge is 2.39. The topological polar surface area (TPSA) is 34.0 Å². The van der Waals surface area contributed by atoms with Crippen molar-refractivity contribution in [2.45, 2.75) is 39.2 Å². The fraction of sp³-hybridized carbons (Fsp3) is 0.429. The van der Waals surface area contributed by atoms with E-state index in [9.17, 15) is 0 Å². The first kappa shape index (κ1) is 19.7. The third-order valence-corrected chi connectivity index (χ3v) is 6.67. The molecule has 2 heterocycles. The minimum atomic E-state index is 0.278. The lowest BCUT2D eigenvalue weighted by molar-refractivity contribution is 0.540. The van der Waals surface area contributed by atoms with Gasteiger partial charge in [-0.1, -0.05) is 30.1 Å². The molecule has 2 aromatic heterocycles. The maximum Gasteiger partial charge on any atom is 0.186 e. The van der Waals surface area contributed by atoms with E-state index in [0.29, 0.717) is 16.0 Å². The molecular weight excluding hydrogens is 411 g/mol. The minimum absolute atomic E-state index is 0.278. The molecule has 0 bridgehead atoms. The van der Waals surface area contributed by atoms with Crippen molar-refractivity contribution in [2.24, 2.45) is 13.0 Å². The smallest absolute Gasteiger partial charge is 0.186 e. The number of hydrogen-bond acceptors (Lipinski definition) is 4. The van der Waals surface area contributed by atoms with Gasteiger partial charge in [-0.2, -0.15) is 0 Å². The summed E-state index contributed by atoms with van der Waals surface area (Å²) >= 11 is 14.3. The Hall–Kier alpha value is -1.56. The Kier molecular flexibility index (Phi) is 5.68. The average molecular weight is 435 g/mol. The monoisotopic (exact) mass is 434 g/mol. The third-order valence-electron chi connectivity index (χ3n) is 5.11. The van der Waals surface area contributed by atoms with Crippen LogP contribution in [-0.4, -0.2) is 21.1 Å². The first-order chi connectivity index (χ1) is 13.5. The van der Waals surface area contributed by atoms with E-state index in [2.05, 4.69) is 29.9 Å². The molecule has 0 saturated heterocycles. The van der Waals surface area contributed by atoms with Gasteiger partial charge >= 0.3 is 0 Å². The van der Waals surface area contributed by atoms with E-state index in [4.69, 9.17) is 28.2 Å². The Morgan fingerprint density at radius 1 is 1.32 bits per heavy atom. The van der Waals surface area contributed by atoms with E-state index >= 15 is 0 Å². The van der Waals surface area contributed by atoms with E-state index < -0.39 is 0 Å². The van der Waals surface area contributed by atoms with Gasteiger partial charge in [0.1, 0.15) is 0 Å². The molecule has 1 saturated carbocycles. The van der Waals surface area contributed by atoms with Gasteiger partial charge in [-0.05, 0) is 50.3 Å². The summed E-state index contributed by atoms with van der Waals surface area (Å²) in [4.78, 5) is 13.3. The summed E-state index contributed by atoms with van der Waals surface area (Å²) < 4.78 is 2.03. The number of rotatable bonds is 7. The van der Waals surface area contributed by atoms with Crippen molar-refractivity contribution in [3.63, 3.8) is 0 Å². The molecule has 0 radical (unpaired) electrons. The van der Waals surface area contributed by atoms with Crippen LogP contribution in [0.25, 0.3) is 11.3 Å². The number of nitrogens with zero attached hydrogens (tertiary/aromatic N) is 4. The van der Waals surface area contributed by atoms with Crippen LogP contribution in [0, 0.1) is 12.8 Å². The first-order valence-corrected chi connectivity index (χ1v) is 11.2. The van der Waals surface area contributed by atoms with Gasteiger partial charge in [0.15, 0.2) is 5.13 Å². The maximum absolute atomic E-state index is 6.46. The van der Waals surface area contributed by atoms with Crippen molar-refractivity contribution in [1.82, 2.24) is 14.5 Å². The number of benzene rings is 1. The third kappa shape index (κ3) is 3.93. The van der Waals surface area contributed by atoms with Crippen LogP contribution in [0.15, 0.2) is 30.7 Å². The van der Waals surface area contributed by atoms with Crippen LogP contribution >= 0.6 is 34.5 Å². The molecular formula is C21H24Cl2N4S. The highest BCUT2D eigenvalue weighted by atomic mass is 35.5. The van der Waals surface area contributed by atoms with Crippen molar-refractivity contribution < 1.29 is 0 Å². The summed E-state index contributed by atoms with van der Waals surface area (Å²) in [6.07, 6.45) is 7.60. The minimum Gasteiger partial charge on any atom is -0.340 e. The summed E-state index contributed by atoms with van der Waals surface area (Å²) in [7, 11) is 2.03. The predicted molar refractivity (Wildman–Crippen MR) is 119 cm³/mol. The highest BCUT2D eigenvalue weighted by Crippen LogP contribution is 2.47. The second-order valence-corrected chi connectivity index (χ2v) is 9.49. The van der Waals surface area contributed by atoms with Gasteiger partial charge in [-0.25, -0.2) is 9.97 Å². The fourth-order valence-corrected chi connectivity index (χ4v) is 5.17. The second-order valence-electron chi connectivity index (χ2n) is 7.47. The lowest BCUT2D eigenvalue weighted by Gasteiger charge is -2.30. The molecule has 148 valence electrons. The maximum atomic E-state index is 6.46. The zero-order chi connectivity index (χ0) is 19.8. The van der Waals surface area contributed by atoms with E-state index in [0.717, 1.165) is 39.9 Å². The molecule has 1 aliphatic rings. The van der Waals surface area contributed by atoms with Gasteiger partial charge < -0.3 is 9.47 Å². The van der Waals surface area contributed by atoms with Crippen molar-refractivity contribution >= 4 is 39.7 Å². The van der Waals surface area contributed by atoms with Crippen LogP contribution in [0.1, 0.15) is 42.8 Å². The van der Waals surface area contributed by atoms with Crippen molar-refractivity contribution in [1.29, 1.82) is 0 Å². The number of halogens is 2. The van der Waals surface area contributed by atoms with Crippen LogP contribution in [0.4, 0.5) is 5.13 Å². The van der Waals surface area contributed by atoms with Gasteiger partial charge in [0, 0.05) is 35.3 Å². The summed E-state index contributed by atoms with van der Waals surface area (Å²) in [5.41, 5.74) is 3.01. The van der Waals surface area contributed by atoms with Gasteiger partial charge in [0.05, 0.1) is 28.8 Å². The zero-order valence-corrected chi connectivity index (χ0v) is 18.7. The lowest BCUT2D eigenvalue weighted by Crippen LogP contribution is -2.31. The standard InChI is InChI=1S/C21H24Cl2N4S/c1-4-9-27(20(14-5-6-14)18-11-26(3)12-24-18)21-25-19(13(2)28-21)16-8-7-15(22)10-17(16)23/h7-8,10-12,14,20H,4-6,9H2,1-3H3. The summed E-state index contributed by atoms with van der Waals surface area (Å²) in [6.45, 7) is 5.28. The molecule has 1 aliphatic carbocycles. The number of anilines is 1. The summed E-state index contributed by atoms with van der Waals surface area (Å²) in [5.74, 6) is 0.647. The summed E-state index contributed by atoms with van der Waals surface area (Å²) in [5, 5.41) is 2.32. The Balaban J connectivity index is 1.74. The van der Waals surface area contributed by atoms with Crippen LogP contribution in [0.5, 0.6) is 0 Å². The van der Waals surface area contributed by atoms with Gasteiger partial charge in [-0.3, -0.25) is 0 Å². The molecule has 1 aromatic carbocycles. The van der Waals surface area contributed by atoms with E-state index in [1.807, 2.05) is 30.1 Å². The Bertz CT molecular complexity index is 977. The average Bonchev–Trinajstić information content (AvgIpc) is 3.28. The molecule has 4 rings (SSSR count). The molecule has 1 fully saturated rings. The normalized spacial score (nSPS) is 15.0. The molecule has 4 nitrogen and oxygen atoms in total. The van der Waals surface area contributed by atoms with Crippen LogP contribution in [-0.2, 0) is 7.05 Å². The number of aryl methyl sites for hydroxylation is 2. The second kappa shape index (κ2) is 8.05.